The Bertz CT molecular complexity index is 469. The van der Waals surface area contributed by atoms with Gasteiger partial charge in [-0.1, -0.05) is 0 Å². The highest BCUT2D eigenvalue weighted by Crippen LogP contribution is 2.23. The summed E-state index contributed by atoms with van der Waals surface area (Å²) in [7, 11) is 0.983. The van der Waals surface area contributed by atoms with Crippen molar-refractivity contribution >= 4 is 5.97 Å². The van der Waals surface area contributed by atoms with Gasteiger partial charge in [-0.15, -0.1) is 0 Å². The number of hydrogen-bond acceptors (Lipinski definition) is 4. The molecule has 0 aliphatic heterocycles. The summed E-state index contributed by atoms with van der Waals surface area (Å²) in [6, 6.07) is 1.76. The molecule has 0 unspecified atom stereocenters. The topological polar surface area (TPSA) is 63.0 Å². The van der Waals surface area contributed by atoms with Gasteiger partial charge in [-0.25, -0.2) is 22.9 Å². The summed E-state index contributed by atoms with van der Waals surface area (Å²) in [5, 5.41) is 8.52. The van der Waals surface area contributed by atoms with Crippen LogP contribution in [0.15, 0.2) is 6.07 Å². The van der Waals surface area contributed by atoms with Crippen LogP contribution in [0, 0.1) is 17.1 Å². The monoisotopic (exact) mass is 230 g/mol. The maximum atomic E-state index is 13.2. The van der Waals surface area contributed by atoms with E-state index < -0.39 is 35.2 Å². The zero-order valence-electron chi connectivity index (χ0n) is 8.00. The summed E-state index contributed by atoms with van der Waals surface area (Å²) in [5.41, 5.74) is -2.34. The van der Waals surface area contributed by atoms with Crippen LogP contribution in [0.1, 0.15) is 28.2 Å². The number of alkyl halides is 2. The molecule has 0 bridgehead atoms. The van der Waals surface area contributed by atoms with Crippen LogP contribution in [0.4, 0.5) is 13.2 Å². The summed E-state index contributed by atoms with van der Waals surface area (Å²) in [6.07, 6.45) is -3.04. The van der Waals surface area contributed by atoms with Crippen molar-refractivity contribution < 1.29 is 22.7 Å². The van der Waals surface area contributed by atoms with Gasteiger partial charge in [-0.05, 0) is 6.07 Å². The van der Waals surface area contributed by atoms with Gasteiger partial charge in [0.05, 0.1) is 12.7 Å². The van der Waals surface area contributed by atoms with Gasteiger partial charge in [-0.3, -0.25) is 0 Å². The van der Waals surface area contributed by atoms with Crippen LogP contribution >= 0.6 is 0 Å². The first-order chi connectivity index (χ1) is 7.51. The molecule has 0 saturated heterocycles. The molecule has 0 atom stereocenters. The summed E-state index contributed by atoms with van der Waals surface area (Å²) >= 11 is 0. The number of nitrogens with zero attached hydrogens (tertiary/aromatic N) is 2. The van der Waals surface area contributed by atoms with E-state index in [1.54, 1.807) is 0 Å². The average Bonchev–Trinajstić information content (AvgIpc) is 2.27. The Hall–Kier alpha value is -2.10. The molecule has 1 aromatic heterocycles. The highest BCUT2D eigenvalue weighted by atomic mass is 19.3. The molecular formula is C9H5F3N2O2. The average molecular weight is 230 g/mol. The fourth-order valence-electron chi connectivity index (χ4n) is 0.999. The fourth-order valence-corrected chi connectivity index (χ4v) is 0.999. The van der Waals surface area contributed by atoms with Gasteiger partial charge >= 0.3 is 5.97 Å². The Balaban J connectivity index is 3.38. The maximum Gasteiger partial charge on any atom is 0.359 e. The van der Waals surface area contributed by atoms with Crippen LogP contribution in [0.25, 0.3) is 0 Å². The van der Waals surface area contributed by atoms with Crippen molar-refractivity contribution in [3.05, 3.63) is 28.8 Å². The molecule has 0 radical (unpaired) electrons. The third-order valence-corrected chi connectivity index (χ3v) is 1.73. The van der Waals surface area contributed by atoms with E-state index in [-0.39, 0.29) is 0 Å². The molecule has 84 valence electrons. The van der Waals surface area contributed by atoms with Crippen LogP contribution in [-0.2, 0) is 4.74 Å². The Labute approximate surface area is 88.3 Å². The van der Waals surface area contributed by atoms with Crippen LogP contribution < -0.4 is 0 Å². The molecule has 16 heavy (non-hydrogen) atoms. The molecule has 1 aromatic rings. The smallest absolute Gasteiger partial charge is 0.359 e. The fraction of sp³-hybridized carbons (Fsp3) is 0.222. The lowest BCUT2D eigenvalue weighted by Crippen LogP contribution is -2.10. The Morgan fingerprint density at radius 3 is 2.69 bits per heavy atom. The molecule has 1 rings (SSSR count). The first-order valence-corrected chi connectivity index (χ1v) is 3.98. The lowest BCUT2D eigenvalue weighted by molar-refractivity contribution is 0.0587. The lowest BCUT2D eigenvalue weighted by Gasteiger charge is -2.05. The molecule has 0 amide bonds. The maximum absolute atomic E-state index is 13.2. The molecule has 0 spiro atoms. The quantitative estimate of drug-likeness (QED) is 0.727. The van der Waals surface area contributed by atoms with Crippen LogP contribution in [-0.4, -0.2) is 18.1 Å². The number of aromatic nitrogens is 1. The normalized spacial score (nSPS) is 10.0. The summed E-state index contributed by atoms with van der Waals surface area (Å²) in [4.78, 5) is 14.2. The van der Waals surface area contributed by atoms with E-state index in [9.17, 15) is 18.0 Å². The minimum Gasteiger partial charge on any atom is -0.464 e. The van der Waals surface area contributed by atoms with Gasteiger partial charge in [0.1, 0.15) is 6.07 Å². The van der Waals surface area contributed by atoms with E-state index in [1.807, 2.05) is 0 Å². The minimum absolute atomic E-state index is 0.405. The van der Waals surface area contributed by atoms with Crippen molar-refractivity contribution in [2.24, 2.45) is 0 Å². The number of carbonyl (C=O) groups is 1. The number of esters is 1. The van der Waals surface area contributed by atoms with Gasteiger partial charge in [0.25, 0.3) is 6.43 Å². The van der Waals surface area contributed by atoms with Crippen molar-refractivity contribution in [2.75, 3.05) is 7.11 Å². The molecule has 0 saturated carbocycles. The third kappa shape index (κ3) is 2.11. The van der Waals surface area contributed by atoms with Gasteiger partial charge in [0.2, 0.25) is 0 Å². The first kappa shape index (κ1) is 12.0. The minimum atomic E-state index is -3.04. The number of pyridine rings is 1. The predicted octanol–water partition coefficient (Wildman–Crippen LogP) is 1.82. The van der Waals surface area contributed by atoms with Crippen molar-refractivity contribution in [2.45, 2.75) is 6.43 Å². The van der Waals surface area contributed by atoms with E-state index in [0.29, 0.717) is 6.07 Å². The zero-order valence-corrected chi connectivity index (χ0v) is 8.00. The van der Waals surface area contributed by atoms with Crippen LogP contribution in [0.2, 0.25) is 0 Å². The number of ether oxygens (including phenoxy) is 1. The molecule has 0 aliphatic carbocycles. The van der Waals surface area contributed by atoms with Gasteiger partial charge in [0, 0.05) is 0 Å². The van der Waals surface area contributed by atoms with E-state index in [2.05, 4.69) is 9.72 Å². The molecule has 0 aromatic carbocycles. The van der Waals surface area contributed by atoms with E-state index in [0.717, 1.165) is 7.11 Å². The highest BCUT2D eigenvalue weighted by Gasteiger charge is 2.22. The van der Waals surface area contributed by atoms with Crippen molar-refractivity contribution in [3.8, 4) is 6.07 Å². The third-order valence-electron chi connectivity index (χ3n) is 1.73. The predicted molar refractivity (Wildman–Crippen MR) is 45.2 cm³/mol. The standard InChI is InChI=1S/C9H5F3N2O2/c1-16-9(15)7-5(10)2-4(8(11)12)6(3-13)14-7/h2,8H,1H3. The first-order valence-electron chi connectivity index (χ1n) is 3.98. The largest absolute Gasteiger partial charge is 0.464 e. The van der Waals surface area contributed by atoms with E-state index >= 15 is 0 Å². The zero-order chi connectivity index (χ0) is 12.3. The van der Waals surface area contributed by atoms with Crippen molar-refractivity contribution in [3.63, 3.8) is 0 Å². The second kappa shape index (κ2) is 4.61. The van der Waals surface area contributed by atoms with Crippen LogP contribution in [0.5, 0.6) is 0 Å². The molecular weight excluding hydrogens is 225 g/mol. The molecule has 0 fully saturated rings. The number of carbonyl (C=O) groups excluding carboxylic acids is 1. The van der Waals surface area contributed by atoms with Crippen LogP contribution in [0.3, 0.4) is 0 Å². The molecule has 4 nitrogen and oxygen atoms in total. The second-order valence-corrected chi connectivity index (χ2v) is 2.66. The van der Waals surface area contributed by atoms with Crippen molar-refractivity contribution in [1.29, 1.82) is 5.26 Å². The molecule has 1 heterocycles. The number of halogens is 3. The number of nitriles is 1. The van der Waals surface area contributed by atoms with Gasteiger partial charge in [0.15, 0.2) is 17.2 Å². The molecule has 7 heteroatoms. The Kier molecular flexibility index (Phi) is 3.45. The summed E-state index contributed by atoms with van der Waals surface area (Å²) in [5.74, 6) is -2.38. The van der Waals surface area contributed by atoms with E-state index in [4.69, 9.17) is 5.26 Å². The SMILES string of the molecule is COC(=O)c1nc(C#N)c(C(F)F)cc1F. The Morgan fingerprint density at radius 2 is 2.25 bits per heavy atom. The molecule has 0 aliphatic rings. The Morgan fingerprint density at radius 1 is 1.62 bits per heavy atom. The van der Waals surface area contributed by atoms with Gasteiger partial charge in [-0.2, -0.15) is 5.26 Å². The summed E-state index contributed by atoms with van der Waals surface area (Å²) < 4.78 is 42.0. The van der Waals surface area contributed by atoms with Gasteiger partial charge < -0.3 is 4.74 Å². The summed E-state index contributed by atoms with van der Waals surface area (Å²) in [6.45, 7) is 0. The number of methoxy groups -OCH3 is 1. The molecule has 0 N–H and O–H groups in total. The lowest BCUT2D eigenvalue weighted by atomic mass is 10.2. The number of hydrogen-bond donors (Lipinski definition) is 0. The van der Waals surface area contributed by atoms with Crippen molar-refractivity contribution in [1.82, 2.24) is 4.98 Å². The highest BCUT2D eigenvalue weighted by molar-refractivity contribution is 5.87. The second-order valence-electron chi connectivity index (χ2n) is 2.66. The van der Waals surface area contributed by atoms with E-state index in [1.165, 1.54) is 6.07 Å². The number of rotatable bonds is 2.